The Morgan fingerprint density at radius 3 is 2.55 bits per heavy atom. The molecule has 0 unspecified atom stereocenters. The van der Waals surface area contributed by atoms with Gasteiger partial charge in [0.2, 0.25) is 0 Å². The summed E-state index contributed by atoms with van der Waals surface area (Å²) < 4.78 is 5.54. The molecule has 0 radical (unpaired) electrons. The van der Waals surface area contributed by atoms with Crippen molar-refractivity contribution in [3.05, 3.63) is 29.8 Å². The maximum Gasteiger partial charge on any atom is 0.328 e. The molecule has 1 aromatic carbocycles. The fourth-order valence-electron chi connectivity index (χ4n) is 1.40. The Morgan fingerprint density at radius 2 is 2.00 bits per heavy atom. The van der Waals surface area contributed by atoms with Gasteiger partial charge < -0.3 is 15.2 Å². The lowest BCUT2D eigenvalue weighted by molar-refractivity contribution is -0.143. The molecule has 0 aliphatic carbocycles. The van der Waals surface area contributed by atoms with Gasteiger partial charge in [-0.05, 0) is 38.0 Å². The minimum atomic E-state index is -1.31. The molecule has 0 atom stereocenters. The molecule has 1 amide bonds. The normalized spacial score (nSPS) is 11.2. The van der Waals surface area contributed by atoms with Gasteiger partial charge in [0.25, 0.3) is 5.91 Å². The zero-order valence-electron chi connectivity index (χ0n) is 12.3. The second-order valence-electron chi connectivity index (χ2n) is 5.62. The molecule has 0 saturated heterocycles. The van der Waals surface area contributed by atoms with Crippen LogP contribution in [0.25, 0.3) is 0 Å². The molecule has 20 heavy (non-hydrogen) atoms. The van der Waals surface area contributed by atoms with E-state index in [1.54, 1.807) is 24.3 Å². The largest absolute Gasteiger partial charge is 0.493 e. The summed E-state index contributed by atoms with van der Waals surface area (Å²) in [6.07, 6.45) is 0. The van der Waals surface area contributed by atoms with Gasteiger partial charge in [-0.15, -0.1) is 0 Å². The van der Waals surface area contributed by atoms with Gasteiger partial charge in [-0.1, -0.05) is 19.9 Å². The van der Waals surface area contributed by atoms with Crippen molar-refractivity contribution in [1.82, 2.24) is 5.32 Å². The summed E-state index contributed by atoms with van der Waals surface area (Å²) in [6.45, 7) is 7.50. The highest BCUT2D eigenvalue weighted by molar-refractivity contribution is 5.97. The number of ether oxygens (including phenoxy) is 1. The highest BCUT2D eigenvalue weighted by Crippen LogP contribution is 2.15. The van der Waals surface area contributed by atoms with E-state index in [1.165, 1.54) is 13.8 Å². The molecule has 0 spiro atoms. The van der Waals surface area contributed by atoms with Gasteiger partial charge >= 0.3 is 5.97 Å². The zero-order valence-corrected chi connectivity index (χ0v) is 12.3. The summed E-state index contributed by atoms with van der Waals surface area (Å²) in [4.78, 5) is 23.0. The van der Waals surface area contributed by atoms with Crippen LogP contribution in [0.15, 0.2) is 24.3 Å². The van der Waals surface area contributed by atoms with E-state index in [2.05, 4.69) is 5.32 Å². The molecule has 0 saturated carbocycles. The summed E-state index contributed by atoms with van der Waals surface area (Å²) in [5.74, 6) is -0.539. The van der Waals surface area contributed by atoms with Gasteiger partial charge in [-0.25, -0.2) is 4.79 Å². The van der Waals surface area contributed by atoms with E-state index in [-0.39, 0.29) is 0 Å². The fourth-order valence-corrected chi connectivity index (χ4v) is 1.40. The average Bonchev–Trinajstić information content (AvgIpc) is 2.36. The first-order valence-corrected chi connectivity index (χ1v) is 6.51. The lowest BCUT2D eigenvalue weighted by Gasteiger charge is -2.21. The summed E-state index contributed by atoms with van der Waals surface area (Å²) in [6, 6.07) is 6.70. The Hall–Kier alpha value is -2.04. The van der Waals surface area contributed by atoms with Crippen LogP contribution in [0.3, 0.4) is 0 Å². The van der Waals surface area contributed by atoms with Crippen molar-refractivity contribution in [3.63, 3.8) is 0 Å². The SMILES string of the molecule is CC(C)COc1cccc(C(=O)NC(C)(C)C(=O)O)c1. The highest BCUT2D eigenvalue weighted by atomic mass is 16.5. The quantitative estimate of drug-likeness (QED) is 0.838. The van der Waals surface area contributed by atoms with Crippen molar-refractivity contribution < 1.29 is 19.4 Å². The number of aliphatic carboxylic acids is 1. The van der Waals surface area contributed by atoms with Crippen LogP contribution in [0, 0.1) is 5.92 Å². The number of hydrogen-bond acceptors (Lipinski definition) is 3. The molecule has 0 bridgehead atoms. The Kier molecular flexibility index (Phi) is 5.13. The first kappa shape index (κ1) is 16.0. The molecule has 0 aliphatic heterocycles. The van der Waals surface area contributed by atoms with Crippen LogP contribution in [-0.2, 0) is 4.79 Å². The minimum Gasteiger partial charge on any atom is -0.493 e. The standard InChI is InChI=1S/C15H21NO4/c1-10(2)9-20-12-7-5-6-11(8-12)13(17)16-15(3,4)14(18)19/h5-8,10H,9H2,1-4H3,(H,16,17)(H,18,19). The minimum absolute atomic E-state index is 0.376. The zero-order chi connectivity index (χ0) is 15.3. The third kappa shape index (κ3) is 4.57. The number of carboxylic acids is 1. The smallest absolute Gasteiger partial charge is 0.328 e. The van der Waals surface area contributed by atoms with Gasteiger partial charge in [0, 0.05) is 5.56 Å². The lowest BCUT2D eigenvalue weighted by atomic mass is 10.1. The van der Waals surface area contributed by atoms with Crippen LogP contribution in [0.5, 0.6) is 5.75 Å². The second-order valence-corrected chi connectivity index (χ2v) is 5.62. The predicted molar refractivity (Wildman–Crippen MR) is 76.0 cm³/mol. The number of rotatable bonds is 6. The third-order valence-electron chi connectivity index (χ3n) is 2.64. The molecule has 110 valence electrons. The first-order chi connectivity index (χ1) is 9.22. The maximum atomic E-state index is 12.0. The number of nitrogens with one attached hydrogen (secondary N) is 1. The second kappa shape index (κ2) is 6.41. The average molecular weight is 279 g/mol. The van der Waals surface area contributed by atoms with Crippen LogP contribution in [0.1, 0.15) is 38.1 Å². The van der Waals surface area contributed by atoms with Crippen molar-refractivity contribution in [2.75, 3.05) is 6.61 Å². The van der Waals surface area contributed by atoms with Gasteiger partial charge in [0.1, 0.15) is 11.3 Å². The molecule has 5 heteroatoms. The number of hydrogen-bond donors (Lipinski definition) is 2. The van der Waals surface area contributed by atoms with Gasteiger partial charge in [0.15, 0.2) is 0 Å². The van der Waals surface area contributed by atoms with Crippen molar-refractivity contribution in [2.45, 2.75) is 33.2 Å². The van der Waals surface area contributed by atoms with E-state index in [1.807, 2.05) is 13.8 Å². The topological polar surface area (TPSA) is 75.6 Å². The van der Waals surface area contributed by atoms with Crippen LogP contribution >= 0.6 is 0 Å². The molecular formula is C15H21NO4. The van der Waals surface area contributed by atoms with E-state index in [9.17, 15) is 9.59 Å². The van der Waals surface area contributed by atoms with Crippen molar-refractivity contribution in [3.8, 4) is 5.75 Å². The molecule has 5 nitrogen and oxygen atoms in total. The Bertz CT molecular complexity index is 494. The number of carbonyl (C=O) groups excluding carboxylic acids is 1. The van der Waals surface area contributed by atoms with E-state index in [0.29, 0.717) is 23.8 Å². The monoisotopic (exact) mass is 279 g/mol. The number of amides is 1. The van der Waals surface area contributed by atoms with E-state index < -0.39 is 17.4 Å². The van der Waals surface area contributed by atoms with Crippen molar-refractivity contribution in [2.24, 2.45) is 5.92 Å². The predicted octanol–water partition coefficient (Wildman–Crippen LogP) is 2.31. The summed E-state index contributed by atoms with van der Waals surface area (Å²) in [7, 11) is 0. The molecule has 0 heterocycles. The lowest BCUT2D eigenvalue weighted by Crippen LogP contribution is -2.49. The molecule has 1 rings (SSSR count). The van der Waals surface area contributed by atoms with Crippen molar-refractivity contribution in [1.29, 1.82) is 0 Å². The summed E-state index contributed by atoms with van der Waals surface area (Å²) >= 11 is 0. The molecular weight excluding hydrogens is 258 g/mol. The van der Waals surface area contributed by atoms with Gasteiger partial charge in [0.05, 0.1) is 6.61 Å². The molecule has 0 aromatic heterocycles. The van der Waals surface area contributed by atoms with Gasteiger partial charge in [-0.3, -0.25) is 4.79 Å². The fraction of sp³-hybridized carbons (Fsp3) is 0.467. The summed E-state index contributed by atoms with van der Waals surface area (Å²) in [5, 5.41) is 11.5. The number of carboxylic acid groups (broad SMARTS) is 1. The van der Waals surface area contributed by atoms with Crippen LogP contribution < -0.4 is 10.1 Å². The van der Waals surface area contributed by atoms with Crippen LogP contribution in [-0.4, -0.2) is 29.1 Å². The first-order valence-electron chi connectivity index (χ1n) is 6.51. The summed E-state index contributed by atoms with van der Waals surface area (Å²) in [5.41, 5.74) is -0.938. The molecule has 0 fully saturated rings. The Balaban J connectivity index is 2.79. The Morgan fingerprint density at radius 1 is 1.35 bits per heavy atom. The van der Waals surface area contributed by atoms with Crippen LogP contribution in [0.2, 0.25) is 0 Å². The molecule has 2 N–H and O–H groups in total. The number of benzene rings is 1. The van der Waals surface area contributed by atoms with Gasteiger partial charge in [-0.2, -0.15) is 0 Å². The van der Waals surface area contributed by atoms with E-state index in [4.69, 9.17) is 9.84 Å². The number of carbonyl (C=O) groups is 2. The van der Waals surface area contributed by atoms with Crippen LogP contribution in [0.4, 0.5) is 0 Å². The Labute approximate surface area is 118 Å². The van der Waals surface area contributed by atoms with E-state index >= 15 is 0 Å². The molecule has 1 aromatic rings. The highest BCUT2D eigenvalue weighted by Gasteiger charge is 2.29. The van der Waals surface area contributed by atoms with E-state index in [0.717, 1.165) is 0 Å². The van der Waals surface area contributed by atoms with Crippen molar-refractivity contribution >= 4 is 11.9 Å². The third-order valence-corrected chi connectivity index (χ3v) is 2.64. The maximum absolute atomic E-state index is 12.0. The molecule has 0 aliphatic rings.